The molecule has 0 saturated carbocycles. The van der Waals surface area contributed by atoms with Crippen LogP contribution in [0.25, 0.3) is 28.0 Å². The third-order valence-electron chi connectivity index (χ3n) is 8.62. The number of rotatable bonds is 4. The maximum Gasteiger partial charge on any atom is 0.283 e. The van der Waals surface area contributed by atoms with Gasteiger partial charge in [0.25, 0.3) is 5.56 Å². The molecule has 46 heavy (non-hydrogen) atoms. The van der Waals surface area contributed by atoms with Crippen molar-refractivity contribution in [2.45, 2.75) is 52.1 Å². The van der Waals surface area contributed by atoms with Crippen molar-refractivity contribution in [1.29, 1.82) is 0 Å². The zero-order valence-electron chi connectivity index (χ0n) is 28.7. The molecule has 5 heterocycles. The summed E-state index contributed by atoms with van der Waals surface area (Å²) in [5, 5.41) is 10.8. The highest BCUT2D eigenvalue weighted by Gasteiger charge is 2.42. The van der Waals surface area contributed by atoms with Crippen LogP contribution in [0.1, 0.15) is 48.5 Å². The molecule has 4 aromatic rings. The molecule has 0 unspecified atom stereocenters. The predicted molar refractivity (Wildman–Crippen MR) is 177 cm³/mol. The van der Waals surface area contributed by atoms with Gasteiger partial charge < -0.3 is 19.8 Å². The number of phenols is 1. The van der Waals surface area contributed by atoms with E-state index in [-0.39, 0.29) is 64.3 Å². The van der Waals surface area contributed by atoms with Crippen LogP contribution in [0.2, 0.25) is 5.02 Å². The molecule has 6 rings (SSSR count). The molecule has 2 amide bonds. The van der Waals surface area contributed by atoms with E-state index >= 15 is 9.18 Å². The Bertz CT molecular complexity index is 2100. The molecule has 238 valence electrons. The largest absolute Gasteiger partial charge is 0.507 e. The third-order valence-corrected chi connectivity index (χ3v) is 8.91. The minimum atomic E-state index is -3.09. The van der Waals surface area contributed by atoms with Crippen LogP contribution >= 0.6 is 11.6 Å². The van der Waals surface area contributed by atoms with E-state index in [2.05, 4.69) is 11.6 Å². The van der Waals surface area contributed by atoms with Crippen molar-refractivity contribution in [3.8, 4) is 22.7 Å². The number of hydrogen-bond donors (Lipinski definition) is 1. The Labute approximate surface area is 274 Å². The summed E-state index contributed by atoms with van der Waals surface area (Å²) in [5.41, 5.74) is -0.287. The molecule has 0 spiro atoms. The van der Waals surface area contributed by atoms with Gasteiger partial charge in [0, 0.05) is 48.2 Å². The number of benzene rings is 1. The molecule has 1 saturated heterocycles. The summed E-state index contributed by atoms with van der Waals surface area (Å²) < 4.78 is 41.9. The lowest BCUT2D eigenvalue weighted by Crippen LogP contribution is -2.59. The molecule has 3 aromatic heterocycles. The summed E-state index contributed by atoms with van der Waals surface area (Å²) in [6.45, 7) is 8.02. The van der Waals surface area contributed by atoms with Gasteiger partial charge >= 0.3 is 0 Å². The Morgan fingerprint density at radius 3 is 2.65 bits per heavy atom. The molecule has 10 nitrogen and oxygen atoms in total. The summed E-state index contributed by atoms with van der Waals surface area (Å²) in [7, 11) is 0. The molecule has 1 N–H and O–H groups in total. The molecule has 12 heteroatoms. The van der Waals surface area contributed by atoms with Crippen LogP contribution in [0, 0.1) is 12.7 Å². The average molecular weight is 648 g/mol. The van der Waals surface area contributed by atoms with Crippen molar-refractivity contribution in [2.75, 3.05) is 29.9 Å². The van der Waals surface area contributed by atoms with Crippen molar-refractivity contribution < 1.29 is 23.2 Å². The number of carbonyl (C=O) groups is 2. The normalized spacial score (nSPS) is 19.3. The van der Waals surface area contributed by atoms with Crippen LogP contribution in [0.15, 0.2) is 54.0 Å². The quantitative estimate of drug-likeness (QED) is 0.298. The minimum Gasteiger partial charge on any atom is -0.507 e. The highest BCUT2D eigenvalue weighted by atomic mass is 35.5. The molecule has 1 fully saturated rings. The van der Waals surface area contributed by atoms with E-state index in [4.69, 9.17) is 20.7 Å². The van der Waals surface area contributed by atoms with Gasteiger partial charge in [-0.3, -0.25) is 23.9 Å². The molecule has 0 radical (unpaired) electrons. The highest BCUT2D eigenvalue weighted by molar-refractivity contribution is 6.34. The summed E-state index contributed by atoms with van der Waals surface area (Å²) in [6.07, 6.45) is 2.43. The number of halogens is 2. The van der Waals surface area contributed by atoms with Crippen LogP contribution in [0.4, 0.5) is 15.8 Å². The fourth-order valence-electron chi connectivity index (χ4n) is 6.61. The van der Waals surface area contributed by atoms with Crippen molar-refractivity contribution in [3.63, 3.8) is 0 Å². The predicted octanol–water partition coefficient (Wildman–Crippen LogP) is 5.34. The number of aryl methyl sites for hydroxylation is 1. The SMILES string of the molecule is [2H]C([2H])([2H])N1C(=O)C[C@H]2CN(C(=O)C=C)C[C@H](C)N2c2c1c(=O)n(-c1c(C)ccnc1C(C)C)c1nc(-c3c(O)cccc3F)c(Cl)cc21. The van der Waals surface area contributed by atoms with Gasteiger partial charge in [0.2, 0.25) is 11.8 Å². The molecular weight excluding hydrogens is 611 g/mol. The smallest absolute Gasteiger partial charge is 0.283 e. The van der Waals surface area contributed by atoms with Gasteiger partial charge in [0.1, 0.15) is 17.3 Å². The van der Waals surface area contributed by atoms with Gasteiger partial charge in [-0.15, -0.1) is 0 Å². The Hall–Kier alpha value is -4.77. The fraction of sp³-hybridized carbons (Fsp3) is 0.324. The van der Waals surface area contributed by atoms with Crippen molar-refractivity contribution in [1.82, 2.24) is 19.4 Å². The maximum absolute atomic E-state index is 15.3. The number of piperazine rings is 1. The molecule has 0 bridgehead atoms. The van der Waals surface area contributed by atoms with Gasteiger partial charge in [-0.1, -0.05) is 38.1 Å². The van der Waals surface area contributed by atoms with Crippen LogP contribution < -0.4 is 15.4 Å². The number of fused-ring (bicyclic) bond motifs is 5. The second-order valence-electron chi connectivity index (χ2n) is 12.0. The number of nitrogens with zero attached hydrogens (tertiary/aromatic N) is 6. The number of carbonyl (C=O) groups excluding carboxylic acids is 2. The van der Waals surface area contributed by atoms with Gasteiger partial charge in [-0.2, -0.15) is 0 Å². The lowest BCUT2D eigenvalue weighted by molar-refractivity contribution is -0.128. The zero-order chi connectivity index (χ0) is 35.7. The molecule has 1 aromatic carbocycles. The molecule has 2 atom stereocenters. The monoisotopic (exact) mass is 647 g/mol. The lowest BCUT2D eigenvalue weighted by atomic mass is 10.0. The third kappa shape index (κ3) is 4.81. The minimum absolute atomic E-state index is 0.0285. The van der Waals surface area contributed by atoms with E-state index in [1.165, 1.54) is 33.7 Å². The topological polar surface area (TPSA) is 112 Å². The first-order chi connectivity index (χ1) is 23.1. The maximum atomic E-state index is 15.3. The molecular formula is C34H34ClFN6O4. The van der Waals surface area contributed by atoms with Gasteiger partial charge in [-0.05, 0) is 55.7 Å². The number of pyridine rings is 3. The van der Waals surface area contributed by atoms with Crippen molar-refractivity contribution in [3.05, 3.63) is 81.6 Å². The Kier molecular flexibility index (Phi) is 6.91. The van der Waals surface area contributed by atoms with E-state index in [0.717, 1.165) is 6.07 Å². The molecule has 2 aliphatic rings. The van der Waals surface area contributed by atoms with E-state index in [9.17, 15) is 14.7 Å². The van der Waals surface area contributed by atoms with Crippen LogP contribution in [-0.2, 0) is 9.59 Å². The van der Waals surface area contributed by atoms with Gasteiger partial charge in [0.15, 0.2) is 5.65 Å². The van der Waals surface area contributed by atoms with Crippen molar-refractivity contribution in [2.24, 2.45) is 0 Å². The number of amides is 2. The average Bonchev–Trinajstić information content (AvgIpc) is 3.15. The van der Waals surface area contributed by atoms with Gasteiger partial charge in [-0.25, -0.2) is 9.37 Å². The zero-order valence-corrected chi connectivity index (χ0v) is 26.5. The second-order valence-corrected chi connectivity index (χ2v) is 12.4. The van der Waals surface area contributed by atoms with Crippen LogP contribution in [-0.4, -0.2) is 68.5 Å². The first kappa shape index (κ1) is 27.5. The molecule has 2 aliphatic heterocycles. The number of aromatic nitrogens is 3. The van der Waals surface area contributed by atoms with E-state index in [1.807, 2.05) is 13.8 Å². The summed E-state index contributed by atoms with van der Waals surface area (Å²) in [6, 6.07) is 5.60. The first-order valence-electron chi connectivity index (χ1n) is 16.3. The molecule has 0 aliphatic carbocycles. The number of hydrogen-bond acceptors (Lipinski definition) is 7. The van der Waals surface area contributed by atoms with Crippen LogP contribution in [0.5, 0.6) is 5.75 Å². The fourth-order valence-corrected chi connectivity index (χ4v) is 6.85. The highest BCUT2D eigenvalue weighted by Crippen LogP contribution is 2.45. The standard InChI is InChI=1S/C34H34ClFN6O4/c1-7-25(44)40-15-19(5)41-20(16-40)13-26(45)39(6)32-31(41)21-14-22(35)29(27-23(36)9-8-10-24(27)43)38-33(21)42(34(32)46)30-18(4)11-12-37-28(30)17(2)3/h7-12,14,17,19-20,43H,1,13,15-16H2,2-6H3/t19-,20-/m0/s1/i6D3. The lowest BCUT2D eigenvalue weighted by Gasteiger charge is -2.46. The Morgan fingerprint density at radius 2 is 1.98 bits per heavy atom. The summed E-state index contributed by atoms with van der Waals surface area (Å²) >= 11 is 6.85. The Balaban J connectivity index is 1.84. The van der Waals surface area contributed by atoms with E-state index in [0.29, 0.717) is 21.8 Å². The number of aromatic hydroxyl groups is 1. The van der Waals surface area contributed by atoms with E-state index < -0.39 is 47.8 Å². The second kappa shape index (κ2) is 11.5. The summed E-state index contributed by atoms with van der Waals surface area (Å²) in [4.78, 5) is 55.1. The van der Waals surface area contributed by atoms with Crippen molar-refractivity contribution >= 4 is 45.8 Å². The number of phenolic OH excluding ortho intramolecular Hbond substituents is 1. The first-order valence-corrected chi connectivity index (χ1v) is 15.2. The number of anilines is 2. The van der Waals surface area contributed by atoms with Gasteiger partial charge in [0.05, 0.1) is 39.4 Å². The Morgan fingerprint density at radius 1 is 1.22 bits per heavy atom. The van der Waals surface area contributed by atoms with Crippen LogP contribution in [0.3, 0.4) is 0 Å². The summed E-state index contributed by atoms with van der Waals surface area (Å²) in [5.74, 6) is -2.67. The van der Waals surface area contributed by atoms with E-state index in [1.54, 1.807) is 31.0 Å².